The fourth-order valence-electron chi connectivity index (χ4n) is 0.480. The summed E-state index contributed by atoms with van der Waals surface area (Å²) in [5, 5.41) is 8.41. The summed E-state index contributed by atoms with van der Waals surface area (Å²) >= 11 is 0. The van der Waals surface area contributed by atoms with Crippen molar-refractivity contribution >= 4 is 5.78 Å². The average Bonchev–Trinajstić information content (AvgIpc) is 1.83. The zero-order valence-electron chi connectivity index (χ0n) is 5.63. The molecular formula is C6H13NO2. The van der Waals surface area contributed by atoms with Gasteiger partial charge >= 0.3 is 0 Å². The Hall–Kier alpha value is -0.410. The van der Waals surface area contributed by atoms with Gasteiger partial charge in [-0.25, -0.2) is 0 Å². The second kappa shape index (κ2) is 4.47. The molecule has 0 amide bonds. The van der Waals surface area contributed by atoms with Gasteiger partial charge in [0.05, 0.1) is 6.61 Å². The first-order valence-electron chi connectivity index (χ1n) is 3.02. The topological polar surface area (TPSA) is 63.3 Å². The van der Waals surface area contributed by atoms with Crippen molar-refractivity contribution in [2.45, 2.75) is 25.8 Å². The quantitative estimate of drug-likeness (QED) is 0.549. The molecule has 0 spiro atoms. The summed E-state index contributed by atoms with van der Waals surface area (Å²) in [6, 6.07) is -0.228. The predicted octanol–water partition coefficient (Wildman–Crippen LogP) is -0.325. The van der Waals surface area contributed by atoms with Gasteiger partial charge in [0, 0.05) is 12.5 Å². The largest absolute Gasteiger partial charge is 0.395 e. The summed E-state index contributed by atoms with van der Waals surface area (Å²) in [6.45, 7) is 1.48. The summed E-state index contributed by atoms with van der Waals surface area (Å²) in [4.78, 5) is 10.3. The summed E-state index contributed by atoms with van der Waals surface area (Å²) in [7, 11) is 0. The molecule has 0 aromatic carbocycles. The third-order valence-corrected chi connectivity index (χ3v) is 1.10. The molecule has 0 fully saturated rings. The van der Waals surface area contributed by atoms with Crippen molar-refractivity contribution in [2.75, 3.05) is 6.61 Å². The van der Waals surface area contributed by atoms with Crippen molar-refractivity contribution in [3.8, 4) is 0 Å². The Kier molecular flexibility index (Phi) is 4.26. The van der Waals surface area contributed by atoms with Crippen LogP contribution in [0.5, 0.6) is 0 Å². The number of carbonyl (C=O) groups excluding carboxylic acids is 1. The Morgan fingerprint density at radius 2 is 2.33 bits per heavy atom. The fraction of sp³-hybridized carbons (Fsp3) is 0.833. The van der Waals surface area contributed by atoms with Crippen LogP contribution in [0.1, 0.15) is 19.8 Å². The van der Waals surface area contributed by atoms with Crippen molar-refractivity contribution in [2.24, 2.45) is 5.73 Å². The van der Waals surface area contributed by atoms with Crippen LogP contribution in [-0.2, 0) is 4.79 Å². The first kappa shape index (κ1) is 8.59. The summed E-state index contributed by atoms with van der Waals surface area (Å²) in [5.74, 6) is 0.124. The smallest absolute Gasteiger partial charge is 0.129 e. The standard InChI is InChI=1S/C6H13NO2/c1-5(9)2-3-6(7)4-8/h6,8H,2-4,7H2,1H3. The van der Waals surface area contributed by atoms with Gasteiger partial charge < -0.3 is 15.6 Å². The van der Waals surface area contributed by atoms with Crippen molar-refractivity contribution in [1.29, 1.82) is 0 Å². The van der Waals surface area contributed by atoms with E-state index < -0.39 is 0 Å². The number of rotatable bonds is 4. The Morgan fingerprint density at radius 1 is 1.78 bits per heavy atom. The number of ketones is 1. The maximum Gasteiger partial charge on any atom is 0.129 e. The summed E-state index contributed by atoms with van der Waals surface area (Å²) in [5.41, 5.74) is 5.32. The van der Waals surface area contributed by atoms with Gasteiger partial charge in [0.1, 0.15) is 5.78 Å². The molecule has 9 heavy (non-hydrogen) atoms. The van der Waals surface area contributed by atoms with Gasteiger partial charge in [-0.15, -0.1) is 0 Å². The molecule has 3 N–H and O–H groups in total. The molecule has 0 rings (SSSR count). The van der Waals surface area contributed by atoms with E-state index >= 15 is 0 Å². The highest BCUT2D eigenvalue weighted by atomic mass is 16.3. The number of hydrogen-bond donors (Lipinski definition) is 2. The molecule has 3 nitrogen and oxygen atoms in total. The molecule has 0 bridgehead atoms. The summed E-state index contributed by atoms with van der Waals surface area (Å²) < 4.78 is 0. The van der Waals surface area contributed by atoms with E-state index in [1.165, 1.54) is 6.92 Å². The molecule has 0 aromatic rings. The minimum absolute atomic E-state index is 0.0344. The third kappa shape index (κ3) is 5.46. The van der Waals surface area contributed by atoms with Crippen molar-refractivity contribution in [3.63, 3.8) is 0 Å². The van der Waals surface area contributed by atoms with Gasteiger partial charge in [-0.1, -0.05) is 0 Å². The van der Waals surface area contributed by atoms with Gasteiger partial charge in [0.25, 0.3) is 0 Å². The van der Waals surface area contributed by atoms with E-state index in [9.17, 15) is 4.79 Å². The van der Waals surface area contributed by atoms with Crippen LogP contribution in [0.25, 0.3) is 0 Å². The maximum atomic E-state index is 10.3. The number of Topliss-reactive ketones (excluding diaryl/α,β-unsaturated/α-hetero) is 1. The first-order valence-corrected chi connectivity index (χ1v) is 3.02. The Balaban J connectivity index is 3.16. The number of carbonyl (C=O) groups is 1. The molecular weight excluding hydrogens is 118 g/mol. The molecule has 0 heterocycles. The zero-order valence-corrected chi connectivity index (χ0v) is 5.63. The van der Waals surface area contributed by atoms with Crippen LogP contribution in [0.4, 0.5) is 0 Å². The third-order valence-electron chi connectivity index (χ3n) is 1.10. The molecule has 1 atom stereocenters. The van der Waals surface area contributed by atoms with E-state index in [1.54, 1.807) is 0 Å². The molecule has 0 aliphatic rings. The highest BCUT2D eigenvalue weighted by Gasteiger charge is 2.00. The van der Waals surface area contributed by atoms with E-state index in [-0.39, 0.29) is 18.4 Å². The lowest BCUT2D eigenvalue weighted by Gasteiger charge is -2.03. The van der Waals surface area contributed by atoms with E-state index in [0.29, 0.717) is 12.8 Å². The van der Waals surface area contributed by atoms with Crippen LogP contribution in [0.2, 0.25) is 0 Å². The molecule has 0 aliphatic carbocycles. The lowest BCUT2D eigenvalue weighted by atomic mass is 10.1. The lowest BCUT2D eigenvalue weighted by molar-refractivity contribution is -0.117. The maximum absolute atomic E-state index is 10.3. The molecule has 3 heteroatoms. The predicted molar refractivity (Wildman–Crippen MR) is 35.0 cm³/mol. The van der Waals surface area contributed by atoms with E-state index in [4.69, 9.17) is 10.8 Å². The highest BCUT2D eigenvalue weighted by molar-refractivity contribution is 5.75. The normalized spacial score (nSPS) is 13.2. The van der Waals surface area contributed by atoms with Crippen LogP contribution in [0.15, 0.2) is 0 Å². The zero-order chi connectivity index (χ0) is 7.28. The summed E-state index contributed by atoms with van der Waals surface area (Å²) in [6.07, 6.45) is 1.06. The van der Waals surface area contributed by atoms with E-state index in [2.05, 4.69) is 0 Å². The monoisotopic (exact) mass is 131 g/mol. The van der Waals surface area contributed by atoms with Crippen molar-refractivity contribution in [1.82, 2.24) is 0 Å². The van der Waals surface area contributed by atoms with Crippen molar-refractivity contribution < 1.29 is 9.90 Å². The SMILES string of the molecule is CC(=O)CCC(N)CO. The number of aliphatic hydroxyl groups is 1. The molecule has 0 radical (unpaired) electrons. The minimum atomic E-state index is -0.228. The molecule has 0 aliphatic heterocycles. The molecule has 54 valence electrons. The van der Waals surface area contributed by atoms with Crippen LogP contribution >= 0.6 is 0 Å². The average molecular weight is 131 g/mol. The van der Waals surface area contributed by atoms with E-state index in [0.717, 1.165) is 0 Å². The number of nitrogens with two attached hydrogens (primary N) is 1. The first-order chi connectivity index (χ1) is 4.16. The molecule has 1 unspecified atom stereocenters. The second-order valence-electron chi connectivity index (χ2n) is 2.18. The number of aliphatic hydroxyl groups excluding tert-OH is 1. The molecule has 0 aromatic heterocycles. The lowest BCUT2D eigenvalue weighted by Crippen LogP contribution is -2.24. The van der Waals surface area contributed by atoms with Crippen LogP contribution in [0, 0.1) is 0 Å². The minimum Gasteiger partial charge on any atom is -0.395 e. The molecule has 0 saturated carbocycles. The fourth-order valence-corrected chi connectivity index (χ4v) is 0.480. The highest BCUT2D eigenvalue weighted by Crippen LogP contribution is 1.93. The van der Waals surface area contributed by atoms with Crippen LogP contribution < -0.4 is 5.73 Å². The van der Waals surface area contributed by atoms with E-state index in [1.807, 2.05) is 0 Å². The Bertz CT molecular complexity index is 93.1. The van der Waals surface area contributed by atoms with Crippen molar-refractivity contribution in [3.05, 3.63) is 0 Å². The van der Waals surface area contributed by atoms with Gasteiger partial charge in [-0.05, 0) is 13.3 Å². The Morgan fingerprint density at radius 3 is 2.67 bits per heavy atom. The van der Waals surface area contributed by atoms with Gasteiger partial charge in [-0.2, -0.15) is 0 Å². The number of hydrogen-bond acceptors (Lipinski definition) is 3. The Labute approximate surface area is 54.9 Å². The van der Waals surface area contributed by atoms with Gasteiger partial charge in [0.15, 0.2) is 0 Å². The van der Waals surface area contributed by atoms with Gasteiger partial charge in [-0.3, -0.25) is 0 Å². The van der Waals surface area contributed by atoms with Crippen LogP contribution in [0.3, 0.4) is 0 Å². The van der Waals surface area contributed by atoms with Crippen LogP contribution in [-0.4, -0.2) is 23.5 Å². The second-order valence-corrected chi connectivity index (χ2v) is 2.18. The molecule has 0 saturated heterocycles. The van der Waals surface area contributed by atoms with Gasteiger partial charge in [0.2, 0.25) is 0 Å².